The summed E-state index contributed by atoms with van der Waals surface area (Å²) in [6.07, 6.45) is -0.668. The molecule has 1 atom stereocenters. The lowest BCUT2D eigenvalue weighted by Gasteiger charge is -2.17. The van der Waals surface area contributed by atoms with Crippen LogP contribution in [0, 0.1) is 0 Å². The fraction of sp³-hybridized carbons (Fsp3) is 0.833. The van der Waals surface area contributed by atoms with Crippen molar-refractivity contribution in [2.75, 3.05) is 54.1 Å². The van der Waals surface area contributed by atoms with Crippen LogP contribution in [0.2, 0.25) is 0 Å². The zero-order chi connectivity index (χ0) is 15.4. The van der Waals surface area contributed by atoms with Gasteiger partial charge in [0.05, 0.1) is 19.1 Å². The Morgan fingerprint density at radius 3 is 2.50 bits per heavy atom. The second-order valence-electron chi connectivity index (χ2n) is 4.39. The van der Waals surface area contributed by atoms with E-state index in [0.717, 1.165) is 6.54 Å². The number of carboxylic acid groups (broad SMARTS) is 1. The number of hydrogen-bond donors (Lipinski definition) is 3. The summed E-state index contributed by atoms with van der Waals surface area (Å²) in [5.41, 5.74) is 0. The predicted molar refractivity (Wildman–Crippen MR) is 73.8 cm³/mol. The molecule has 0 spiro atoms. The van der Waals surface area contributed by atoms with Gasteiger partial charge in [-0.1, -0.05) is 0 Å². The molecule has 0 heterocycles. The molecule has 0 bridgehead atoms. The number of carbonyl (C=O) groups is 2. The van der Waals surface area contributed by atoms with Crippen LogP contribution in [-0.4, -0.2) is 82.2 Å². The molecule has 8 heteroatoms. The van der Waals surface area contributed by atoms with Crippen LogP contribution >= 0.6 is 0 Å². The molecule has 20 heavy (non-hydrogen) atoms. The first-order chi connectivity index (χ1) is 9.49. The zero-order valence-corrected chi connectivity index (χ0v) is 12.3. The van der Waals surface area contributed by atoms with Gasteiger partial charge < -0.3 is 30.1 Å². The van der Waals surface area contributed by atoms with Crippen LogP contribution in [-0.2, 0) is 14.3 Å². The number of ether oxygens (including phenoxy) is 2. The maximum atomic E-state index is 11.5. The van der Waals surface area contributed by atoms with Crippen molar-refractivity contribution in [2.45, 2.75) is 12.5 Å². The fourth-order valence-electron chi connectivity index (χ4n) is 1.42. The van der Waals surface area contributed by atoms with Crippen LogP contribution < -0.4 is 10.6 Å². The van der Waals surface area contributed by atoms with E-state index in [9.17, 15) is 9.59 Å². The average molecular weight is 291 g/mol. The molecule has 0 aromatic heterocycles. The maximum absolute atomic E-state index is 11.5. The number of likely N-dealkylation sites (N-methyl/N-ethyl adjacent to an activating group) is 1. The Morgan fingerprint density at radius 1 is 1.25 bits per heavy atom. The van der Waals surface area contributed by atoms with Crippen LogP contribution in [0.25, 0.3) is 0 Å². The lowest BCUT2D eigenvalue weighted by atomic mass is 10.2. The van der Waals surface area contributed by atoms with Crippen LogP contribution in [0.3, 0.4) is 0 Å². The quantitative estimate of drug-likeness (QED) is 0.468. The summed E-state index contributed by atoms with van der Waals surface area (Å²) < 4.78 is 9.90. The van der Waals surface area contributed by atoms with Gasteiger partial charge in [-0.3, -0.25) is 4.79 Å². The van der Waals surface area contributed by atoms with Gasteiger partial charge in [-0.15, -0.1) is 0 Å². The van der Waals surface area contributed by atoms with Crippen LogP contribution in [0.4, 0.5) is 4.79 Å². The number of carboxylic acids is 1. The summed E-state index contributed by atoms with van der Waals surface area (Å²) in [5.74, 6) is -0.959. The van der Waals surface area contributed by atoms with Crippen LogP contribution in [0.15, 0.2) is 0 Å². The van der Waals surface area contributed by atoms with Crippen molar-refractivity contribution < 1.29 is 24.2 Å². The Kier molecular flexibility index (Phi) is 10.7. The van der Waals surface area contributed by atoms with Crippen molar-refractivity contribution >= 4 is 12.0 Å². The lowest BCUT2D eigenvalue weighted by Crippen LogP contribution is -2.43. The molecule has 0 aliphatic carbocycles. The Hall–Kier alpha value is -1.38. The molecule has 0 aromatic rings. The van der Waals surface area contributed by atoms with Gasteiger partial charge in [-0.05, 0) is 7.05 Å². The lowest BCUT2D eigenvalue weighted by molar-refractivity contribution is -0.139. The van der Waals surface area contributed by atoms with Gasteiger partial charge in [0.2, 0.25) is 0 Å². The molecule has 0 aliphatic heterocycles. The summed E-state index contributed by atoms with van der Waals surface area (Å²) in [6, 6.07) is -0.336. The van der Waals surface area contributed by atoms with Crippen molar-refractivity contribution in [3.05, 3.63) is 0 Å². The number of rotatable bonds is 11. The Balaban J connectivity index is 3.69. The molecular formula is C12H25N3O5. The first kappa shape index (κ1) is 18.6. The third-order valence-electron chi connectivity index (χ3n) is 2.68. The molecule has 0 saturated heterocycles. The van der Waals surface area contributed by atoms with Gasteiger partial charge in [0.15, 0.2) is 0 Å². The molecule has 0 rings (SSSR count). The highest BCUT2D eigenvalue weighted by atomic mass is 16.5. The van der Waals surface area contributed by atoms with Gasteiger partial charge in [0.25, 0.3) is 0 Å². The van der Waals surface area contributed by atoms with E-state index in [1.54, 1.807) is 7.11 Å². The minimum absolute atomic E-state index is 0.142. The minimum atomic E-state index is -0.959. The van der Waals surface area contributed by atoms with Crippen LogP contribution in [0.5, 0.6) is 0 Å². The van der Waals surface area contributed by atoms with E-state index < -0.39 is 12.1 Å². The van der Waals surface area contributed by atoms with Gasteiger partial charge in [-0.2, -0.15) is 0 Å². The van der Waals surface area contributed by atoms with Crippen molar-refractivity contribution in [3.8, 4) is 0 Å². The highest BCUT2D eigenvalue weighted by Crippen LogP contribution is 1.95. The van der Waals surface area contributed by atoms with E-state index in [-0.39, 0.29) is 19.0 Å². The van der Waals surface area contributed by atoms with Crippen LogP contribution in [0.1, 0.15) is 6.42 Å². The minimum Gasteiger partial charge on any atom is -0.481 e. The fourth-order valence-corrected chi connectivity index (χ4v) is 1.42. The number of urea groups is 1. The standard InChI is InChI=1S/C12H25N3O5/c1-15(6-7-19-2)5-4-13-12(18)14-9-10(20-3)8-11(16)17/h10H,4-9H2,1-3H3,(H,16,17)(H2,13,14,18). The maximum Gasteiger partial charge on any atom is 0.314 e. The van der Waals surface area contributed by atoms with Crippen molar-refractivity contribution in [1.29, 1.82) is 0 Å². The first-order valence-corrected chi connectivity index (χ1v) is 6.43. The number of amides is 2. The van der Waals surface area contributed by atoms with E-state index in [1.165, 1.54) is 7.11 Å². The van der Waals surface area contributed by atoms with E-state index in [4.69, 9.17) is 14.6 Å². The topological polar surface area (TPSA) is 100 Å². The van der Waals surface area contributed by atoms with Gasteiger partial charge in [0.1, 0.15) is 0 Å². The average Bonchev–Trinajstić information content (AvgIpc) is 2.40. The van der Waals surface area contributed by atoms with E-state index in [0.29, 0.717) is 19.7 Å². The summed E-state index contributed by atoms with van der Waals surface area (Å²) in [4.78, 5) is 24.0. The Labute approximate surface area is 119 Å². The second kappa shape index (κ2) is 11.4. The van der Waals surface area contributed by atoms with Gasteiger partial charge in [0, 0.05) is 40.4 Å². The number of nitrogens with zero attached hydrogens (tertiary/aromatic N) is 1. The highest BCUT2D eigenvalue weighted by molar-refractivity contribution is 5.74. The molecule has 0 fully saturated rings. The normalized spacial score (nSPS) is 12.2. The van der Waals surface area contributed by atoms with Gasteiger partial charge >= 0.3 is 12.0 Å². The molecule has 0 aliphatic rings. The Bertz CT molecular complexity index is 288. The van der Waals surface area contributed by atoms with Gasteiger partial charge in [-0.25, -0.2) is 4.79 Å². The molecule has 0 aromatic carbocycles. The molecule has 0 saturated carbocycles. The summed E-state index contributed by atoms with van der Waals surface area (Å²) >= 11 is 0. The number of carbonyl (C=O) groups excluding carboxylic acids is 1. The third kappa shape index (κ3) is 10.5. The third-order valence-corrected chi connectivity index (χ3v) is 2.68. The van der Waals surface area contributed by atoms with Crippen molar-refractivity contribution in [3.63, 3.8) is 0 Å². The molecule has 118 valence electrons. The molecular weight excluding hydrogens is 266 g/mol. The number of methoxy groups -OCH3 is 2. The predicted octanol–water partition coefficient (Wildman–Crippen LogP) is -0.646. The summed E-state index contributed by atoms with van der Waals surface area (Å²) in [5, 5.41) is 13.9. The van der Waals surface area contributed by atoms with E-state index in [2.05, 4.69) is 10.6 Å². The first-order valence-electron chi connectivity index (χ1n) is 6.43. The second-order valence-corrected chi connectivity index (χ2v) is 4.39. The van der Waals surface area contributed by atoms with E-state index >= 15 is 0 Å². The summed E-state index contributed by atoms with van der Waals surface area (Å²) in [7, 11) is 4.99. The SMILES string of the molecule is COCCN(C)CCNC(=O)NCC(CC(=O)O)OC. The molecule has 0 radical (unpaired) electrons. The number of aliphatic carboxylic acids is 1. The van der Waals surface area contributed by atoms with Crippen molar-refractivity contribution in [2.24, 2.45) is 0 Å². The van der Waals surface area contributed by atoms with E-state index in [1.807, 2.05) is 11.9 Å². The van der Waals surface area contributed by atoms with Crippen molar-refractivity contribution in [1.82, 2.24) is 15.5 Å². The smallest absolute Gasteiger partial charge is 0.314 e. The zero-order valence-electron chi connectivity index (χ0n) is 12.3. The summed E-state index contributed by atoms with van der Waals surface area (Å²) in [6.45, 7) is 2.81. The molecule has 3 N–H and O–H groups in total. The molecule has 2 amide bonds. The molecule has 8 nitrogen and oxygen atoms in total. The monoisotopic (exact) mass is 291 g/mol. The highest BCUT2D eigenvalue weighted by Gasteiger charge is 2.13. The largest absolute Gasteiger partial charge is 0.481 e. The number of hydrogen-bond acceptors (Lipinski definition) is 5. The molecule has 1 unspecified atom stereocenters. The number of nitrogens with one attached hydrogen (secondary N) is 2. The Morgan fingerprint density at radius 2 is 1.95 bits per heavy atom.